The number of amides is 1. The average Bonchev–Trinajstić information content (AvgIpc) is 3.03. The van der Waals surface area contributed by atoms with E-state index in [9.17, 15) is 4.79 Å². The van der Waals surface area contributed by atoms with E-state index in [0.717, 1.165) is 12.0 Å². The number of hydrogen-bond acceptors (Lipinski definition) is 2. The number of nitrogens with zero attached hydrogens (tertiary/aromatic N) is 3. The van der Waals surface area contributed by atoms with Crippen LogP contribution in [0.1, 0.15) is 39.2 Å². The summed E-state index contributed by atoms with van der Waals surface area (Å²) in [6, 6.07) is 18.6. The Hall–Kier alpha value is -2.85. The van der Waals surface area contributed by atoms with Crippen LogP contribution in [0.2, 0.25) is 5.15 Å². The molecule has 0 fully saturated rings. The van der Waals surface area contributed by atoms with Crippen LogP contribution < -0.4 is 0 Å². The van der Waals surface area contributed by atoms with Crippen LogP contribution >= 0.6 is 11.6 Å². The van der Waals surface area contributed by atoms with Crippen molar-refractivity contribution in [2.45, 2.75) is 26.8 Å². The van der Waals surface area contributed by atoms with E-state index in [1.165, 1.54) is 16.7 Å². The summed E-state index contributed by atoms with van der Waals surface area (Å²) < 4.78 is 1.71. The predicted octanol–water partition coefficient (Wildman–Crippen LogP) is 5.13. The molecule has 148 valence electrons. The van der Waals surface area contributed by atoms with Gasteiger partial charge in [0.25, 0.3) is 5.91 Å². The Morgan fingerprint density at radius 1 is 1.07 bits per heavy atom. The molecule has 3 aromatic rings. The summed E-state index contributed by atoms with van der Waals surface area (Å²) in [5.41, 5.74) is 6.00. The molecule has 0 atom stereocenters. The van der Waals surface area contributed by atoms with Gasteiger partial charge in [0.1, 0.15) is 5.15 Å². The van der Waals surface area contributed by atoms with Crippen molar-refractivity contribution in [3.05, 3.63) is 93.8 Å². The fraction of sp³-hybridized carbons (Fsp3) is 0.250. The molecule has 0 aliphatic carbocycles. The molecular formula is C24H24ClN3O. The zero-order valence-corrected chi connectivity index (χ0v) is 17.5. The molecule has 2 aromatic carbocycles. The lowest BCUT2D eigenvalue weighted by atomic mass is 9.99. The Morgan fingerprint density at radius 2 is 1.79 bits per heavy atom. The zero-order chi connectivity index (χ0) is 20.4. The lowest BCUT2D eigenvalue weighted by Gasteiger charge is -2.26. The van der Waals surface area contributed by atoms with Crippen LogP contribution in [0, 0.1) is 13.8 Å². The SMILES string of the molecule is Cc1ccc(Cn2nc(C)c(C(=O)N3CC=C(c4ccccc4)CC3)c2Cl)cc1. The van der Waals surface area contributed by atoms with Gasteiger partial charge in [-0.2, -0.15) is 5.10 Å². The van der Waals surface area contributed by atoms with E-state index in [4.69, 9.17) is 11.6 Å². The van der Waals surface area contributed by atoms with Gasteiger partial charge in [-0.3, -0.25) is 4.79 Å². The second kappa shape index (κ2) is 8.26. The average molecular weight is 406 g/mol. The summed E-state index contributed by atoms with van der Waals surface area (Å²) in [6.45, 7) is 5.72. The highest BCUT2D eigenvalue weighted by Gasteiger charge is 2.26. The molecule has 29 heavy (non-hydrogen) atoms. The van der Waals surface area contributed by atoms with Gasteiger partial charge in [-0.15, -0.1) is 0 Å². The maximum Gasteiger partial charge on any atom is 0.259 e. The van der Waals surface area contributed by atoms with Crippen molar-refractivity contribution in [1.29, 1.82) is 0 Å². The van der Waals surface area contributed by atoms with Crippen molar-refractivity contribution in [3.63, 3.8) is 0 Å². The maximum atomic E-state index is 13.2. The Labute approximate surface area is 176 Å². The van der Waals surface area contributed by atoms with Gasteiger partial charge in [0.2, 0.25) is 0 Å². The fourth-order valence-corrected chi connectivity index (χ4v) is 4.01. The van der Waals surface area contributed by atoms with Crippen LogP contribution in [-0.4, -0.2) is 33.7 Å². The first-order chi connectivity index (χ1) is 14.0. The molecule has 0 spiro atoms. The van der Waals surface area contributed by atoms with E-state index < -0.39 is 0 Å². The number of rotatable bonds is 4. The Morgan fingerprint density at radius 3 is 2.45 bits per heavy atom. The normalized spacial score (nSPS) is 14.0. The van der Waals surface area contributed by atoms with Crippen molar-refractivity contribution in [1.82, 2.24) is 14.7 Å². The van der Waals surface area contributed by atoms with Crippen LogP contribution in [0.3, 0.4) is 0 Å². The van der Waals surface area contributed by atoms with Crippen molar-refractivity contribution in [2.24, 2.45) is 0 Å². The minimum absolute atomic E-state index is 0.0500. The standard InChI is InChI=1S/C24H24ClN3O/c1-17-8-10-19(11-9-17)16-28-23(25)22(18(2)26-28)24(29)27-14-12-21(13-15-27)20-6-4-3-5-7-20/h3-12H,13-16H2,1-2H3. The summed E-state index contributed by atoms with van der Waals surface area (Å²) in [6.07, 6.45) is 2.97. The van der Waals surface area contributed by atoms with E-state index >= 15 is 0 Å². The molecule has 1 aromatic heterocycles. The third-order valence-corrected chi connectivity index (χ3v) is 5.76. The smallest absolute Gasteiger partial charge is 0.259 e. The Balaban J connectivity index is 1.51. The molecular weight excluding hydrogens is 382 g/mol. The molecule has 4 nitrogen and oxygen atoms in total. The Kier molecular flexibility index (Phi) is 5.54. The predicted molar refractivity (Wildman–Crippen MR) is 117 cm³/mol. The second-order valence-electron chi connectivity index (χ2n) is 7.49. The van der Waals surface area contributed by atoms with E-state index in [1.807, 2.05) is 30.0 Å². The molecule has 0 N–H and O–H groups in total. The number of aryl methyl sites for hydroxylation is 2. The van der Waals surface area contributed by atoms with Gasteiger partial charge < -0.3 is 4.90 Å². The fourth-order valence-electron chi connectivity index (χ4n) is 3.69. The topological polar surface area (TPSA) is 38.1 Å². The highest BCUT2D eigenvalue weighted by Crippen LogP contribution is 2.26. The molecule has 0 bridgehead atoms. The third-order valence-electron chi connectivity index (χ3n) is 5.37. The summed E-state index contributed by atoms with van der Waals surface area (Å²) in [4.78, 5) is 15.0. The maximum absolute atomic E-state index is 13.2. The summed E-state index contributed by atoms with van der Waals surface area (Å²) in [5.74, 6) is -0.0500. The number of halogens is 1. The first-order valence-electron chi connectivity index (χ1n) is 9.85. The first-order valence-corrected chi connectivity index (χ1v) is 10.2. The summed E-state index contributed by atoms with van der Waals surface area (Å²) in [7, 11) is 0. The number of benzene rings is 2. The quantitative estimate of drug-likeness (QED) is 0.603. The third kappa shape index (κ3) is 4.13. The van der Waals surface area contributed by atoms with Crippen LogP contribution in [0.4, 0.5) is 0 Å². The van der Waals surface area contributed by atoms with E-state index in [2.05, 4.69) is 54.5 Å². The second-order valence-corrected chi connectivity index (χ2v) is 7.85. The largest absolute Gasteiger partial charge is 0.334 e. The molecule has 0 unspecified atom stereocenters. The van der Waals surface area contributed by atoms with Crippen molar-refractivity contribution >= 4 is 23.1 Å². The van der Waals surface area contributed by atoms with Crippen LogP contribution in [0.5, 0.6) is 0 Å². The molecule has 0 saturated carbocycles. The van der Waals surface area contributed by atoms with Crippen molar-refractivity contribution < 1.29 is 4.79 Å². The summed E-state index contributed by atoms with van der Waals surface area (Å²) >= 11 is 6.59. The molecule has 0 radical (unpaired) electrons. The molecule has 1 amide bonds. The minimum atomic E-state index is -0.0500. The zero-order valence-electron chi connectivity index (χ0n) is 16.7. The minimum Gasteiger partial charge on any atom is -0.334 e. The molecule has 1 aliphatic heterocycles. The Bertz CT molecular complexity index is 1050. The lowest BCUT2D eigenvalue weighted by Crippen LogP contribution is -2.35. The molecule has 0 saturated heterocycles. The highest BCUT2D eigenvalue weighted by atomic mass is 35.5. The van der Waals surface area contributed by atoms with Gasteiger partial charge in [0, 0.05) is 13.1 Å². The van der Waals surface area contributed by atoms with Crippen LogP contribution in [0.15, 0.2) is 60.7 Å². The lowest BCUT2D eigenvalue weighted by molar-refractivity contribution is 0.0772. The highest BCUT2D eigenvalue weighted by molar-refractivity contribution is 6.33. The van der Waals surface area contributed by atoms with Crippen LogP contribution in [-0.2, 0) is 6.54 Å². The molecule has 4 rings (SSSR count). The number of carbonyl (C=O) groups is 1. The van der Waals surface area contributed by atoms with E-state index in [-0.39, 0.29) is 5.91 Å². The van der Waals surface area contributed by atoms with E-state index in [1.54, 1.807) is 4.68 Å². The van der Waals surface area contributed by atoms with E-state index in [0.29, 0.717) is 36.0 Å². The molecule has 1 aliphatic rings. The number of aromatic nitrogens is 2. The van der Waals surface area contributed by atoms with Crippen molar-refractivity contribution in [3.8, 4) is 0 Å². The van der Waals surface area contributed by atoms with Gasteiger partial charge in [0.05, 0.1) is 17.8 Å². The van der Waals surface area contributed by atoms with Gasteiger partial charge in [-0.1, -0.05) is 77.8 Å². The van der Waals surface area contributed by atoms with Gasteiger partial charge in [-0.05, 0) is 37.0 Å². The number of carbonyl (C=O) groups excluding carboxylic acids is 1. The molecule has 2 heterocycles. The van der Waals surface area contributed by atoms with Crippen LogP contribution in [0.25, 0.3) is 5.57 Å². The van der Waals surface area contributed by atoms with Gasteiger partial charge in [0.15, 0.2) is 0 Å². The van der Waals surface area contributed by atoms with Gasteiger partial charge >= 0.3 is 0 Å². The molecule has 5 heteroatoms. The monoisotopic (exact) mass is 405 g/mol. The van der Waals surface area contributed by atoms with Crippen molar-refractivity contribution in [2.75, 3.05) is 13.1 Å². The summed E-state index contributed by atoms with van der Waals surface area (Å²) in [5, 5.41) is 4.94. The first kappa shape index (κ1) is 19.5. The number of hydrogen-bond donors (Lipinski definition) is 0. The van der Waals surface area contributed by atoms with Gasteiger partial charge in [-0.25, -0.2) is 4.68 Å².